The number of anilines is 1. The third kappa shape index (κ3) is 3.96. The zero-order chi connectivity index (χ0) is 20.3. The molecule has 28 heavy (non-hydrogen) atoms. The van der Waals surface area contributed by atoms with Crippen molar-refractivity contribution in [3.63, 3.8) is 0 Å². The molecule has 0 fully saturated rings. The highest BCUT2D eigenvalue weighted by Gasteiger charge is 2.39. The molecule has 1 aliphatic rings. The van der Waals surface area contributed by atoms with Gasteiger partial charge in [0.2, 0.25) is 0 Å². The summed E-state index contributed by atoms with van der Waals surface area (Å²) >= 11 is 12.0. The molecule has 3 rings (SSSR count). The fourth-order valence-electron chi connectivity index (χ4n) is 2.74. The van der Waals surface area contributed by atoms with Crippen molar-refractivity contribution < 1.29 is 19.1 Å². The Kier molecular flexibility index (Phi) is 6.17. The average molecular weight is 418 g/mol. The summed E-state index contributed by atoms with van der Waals surface area (Å²) in [5.41, 5.74) is 1.29. The third-order valence-electron chi connectivity index (χ3n) is 4.25. The van der Waals surface area contributed by atoms with Gasteiger partial charge in [0, 0.05) is 5.02 Å². The normalized spacial score (nSPS) is 14.0. The molecule has 0 atom stereocenters. The van der Waals surface area contributed by atoms with Crippen LogP contribution in [0.5, 0.6) is 0 Å². The number of esters is 1. The van der Waals surface area contributed by atoms with Gasteiger partial charge in [-0.15, -0.1) is 0 Å². The minimum absolute atomic E-state index is 0.117. The van der Waals surface area contributed by atoms with Gasteiger partial charge in [0.1, 0.15) is 5.03 Å². The van der Waals surface area contributed by atoms with Crippen LogP contribution in [0.1, 0.15) is 35.7 Å². The molecule has 7 heteroatoms. The van der Waals surface area contributed by atoms with E-state index in [9.17, 15) is 14.4 Å². The van der Waals surface area contributed by atoms with Crippen LogP contribution in [0.15, 0.2) is 53.6 Å². The van der Waals surface area contributed by atoms with Crippen LogP contribution in [0.25, 0.3) is 5.57 Å². The number of nitrogens with zero attached hydrogens (tertiary/aromatic N) is 1. The summed E-state index contributed by atoms with van der Waals surface area (Å²) in [7, 11) is 0. The van der Waals surface area contributed by atoms with E-state index in [4.69, 9.17) is 27.9 Å². The molecule has 2 aromatic rings. The van der Waals surface area contributed by atoms with E-state index in [2.05, 4.69) is 0 Å². The van der Waals surface area contributed by atoms with Gasteiger partial charge in [0.15, 0.2) is 0 Å². The maximum Gasteiger partial charge on any atom is 0.338 e. The maximum absolute atomic E-state index is 12.8. The zero-order valence-corrected chi connectivity index (χ0v) is 16.6. The Bertz CT molecular complexity index is 949. The maximum atomic E-state index is 12.8. The topological polar surface area (TPSA) is 63.7 Å². The molecule has 5 nitrogen and oxygen atoms in total. The summed E-state index contributed by atoms with van der Waals surface area (Å²) in [5, 5.41) is 0.353. The fourth-order valence-corrected chi connectivity index (χ4v) is 3.14. The summed E-state index contributed by atoms with van der Waals surface area (Å²) in [4.78, 5) is 38.4. The molecule has 0 radical (unpaired) electrons. The first-order chi connectivity index (χ1) is 13.4. The molecule has 0 bridgehead atoms. The van der Waals surface area contributed by atoms with Crippen molar-refractivity contribution in [3.8, 4) is 0 Å². The van der Waals surface area contributed by atoms with E-state index < -0.39 is 17.8 Å². The number of halogens is 2. The first kappa shape index (κ1) is 20.1. The second-order valence-corrected chi connectivity index (χ2v) is 6.99. The second kappa shape index (κ2) is 8.59. The van der Waals surface area contributed by atoms with Crippen LogP contribution in [0.4, 0.5) is 5.69 Å². The van der Waals surface area contributed by atoms with Gasteiger partial charge in [-0.2, -0.15) is 0 Å². The van der Waals surface area contributed by atoms with Gasteiger partial charge in [-0.1, -0.05) is 48.7 Å². The van der Waals surface area contributed by atoms with Crippen LogP contribution < -0.4 is 4.90 Å². The van der Waals surface area contributed by atoms with E-state index >= 15 is 0 Å². The predicted molar refractivity (Wildman–Crippen MR) is 108 cm³/mol. The Hall–Kier alpha value is -2.63. The molecule has 0 saturated heterocycles. The van der Waals surface area contributed by atoms with Crippen molar-refractivity contribution >= 4 is 52.2 Å². The fraction of sp³-hybridized carbons (Fsp3) is 0.190. The number of rotatable bonds is 6. The summed E-state index contributed by atoms with van der Waals surface area (Å²) in [5.74, 6) is -1.59. The van der Waals surface area contributed by atoms with Gasteiger partial charge in [0.05, 0.1) is 23.4 Å². The number of imide groups is 1. The number of unbranched alkanes of at least 4 members (excludes halogenated alkanes) is 1. The minimum Gasteiger partial charge on any atom is -0.462 e. The van der Waals surface area contributed by atoms with E-state index in [1.165, 1.54) is 24.3 Å². The van der Waals surface area contributed by atoms with Crippen molar-refractivity contribution in [1.29, 1.82) is 0 Å². The highest BCUT2D eigenvalue weighted by atomic mass is 35.5. The lowest BCUT2D eigenvalue weighted by atomic mass is 10.1. The molecule has 0 aliphatic carbocycles. The number of amides is 2. The number of hydrogen-bond acceptors (Lipinski definition) is 4. The Morgan fingerprint density at radius 2 is 1.61 bits per heavy atom. The molecule has 2 amide bonds. The van der Waals surface area contributed by atoms with Crippen LogP contribution in [0.2, 0.25) is 5.02 Å². The predicted octanol–water partition coefficient (Wildman–Crippen LogP) is 4.82. The summed E-state index contributed by atoms with van der Waals surface area (Å²) in [6.45, 7) is 2.36. The molecular formula is C21H17Cl2NO4. The van der Waals surface area contributed by atoms with Gasteiger partial charge < -0.3 is 4.74 Å². The van der Waals surface area contributed by atoms with Gasteiger partial charge in [-0.3, -0.25) is 9.59 Å². The molecule has 144 valence electrons. The van der Waals surface area contributed by atoms with Crippen molar-refractivity contribution in [1.82, 2.24) is 0 Å². The minimum atomic E-state index is -0.616. The third-order valence-corrected chi connectivity index (χ3v) is 4.86. The van der Waals surface area contributed by atoms with Crippen molar-refractivity contribution in [2.45, 2.75) is 19.8 Å². The summed E-state index contributed by atoms with van der Waals surface area (Å²) < 4.78 is 5.15. The first-order valence-electron chi connectivity index (χ1n) is 8.75. The van der Waals surface area contributed by atoms with Crippen LogP contribution in [0, 0.1) is 0 Å². The van der Waals surface area contributed by atoms with Crippen LogP contribution in [-0.2, 0) is 14.3 Å². The smallest absolute Gasteiger partial charge is 0.338 e. The summed E-state index contributed by atoms with van der Waals surface area (Å²) in [6, 6.07) is 12.5. The van der Waals surface area contributed by atoms with E-state index in [-0.39, 0.29) is 10.6 Å². The highest BCUT2D eigenvalue weighted by Crippen LogP contribution is 2.35. The molecule has 0 spiro atoms. The Labute approximate surface area is 172 Å². The lowest BCUT2D eigenvalue weighted by Gasteiger charge is -2.15. The molecule has 0 saturated carbocycles. The number of ether oxygens (including phenoxy) is 1. The Morgan fingerprint density at radius 1 is 0.964 bits per heavy atom. The van der Waals surface area contributed by atoms with E-state index in [0.29, 0.717) is 28.4 Å². The number of benzene rings is 2. The van der Waals surface area contributed by atoms with Crippen LogP contribution >= 0.6 is 23.2 Å². The van der Waals surface area contributed by atoms with E-state index in [0.717, 1.165) is 17.7 Å². The average Bonchev–Trinajstić information content (AvgIpc) is 2.92. The standard InChI is InChI=1S/C21H17Cl2NO4/c1-2-3-12-28-21(27)14-6-10-16(11-7-14)24-19(25)17(18(23)20(24)26)13-4-8-15(22)9-5-13/h4-11H,2-3,12H2,1H3. The SMILES string of the molecule is CCCCOC(=O)c1ccc(N2C(=O)C(Cl)=C(c3ccc(Cl)cc3)C2=O)cc1. The van der Waals surface area contributed by atoms with Gasteiger partial charge in [-0.25, -0.2) is 9.69 Å². The first-order valence-corrected chi connectivity index (χ1v) is 9.51. The van der Waals surface area contributed by atoms with E-state index in [1.54, 1.807) is 24.3 Å². The number of carbonyl (C=O) groups is 3. The lowest BCUT2D eigenvalue weighted by molar-refractivity contribution is -0.119. The molecule has 1 heterocycles. The molecule has 0 unspecified atom stereocenters. The number of carbonyl (C=O) groups excluding carboxylic acids is 3. The van der Waals surface area contributed by atoms with E-state index in [1.807, 2.05) is 6.92 Å². The van der Waals surface area contributed by atoms with Gasteiger partial charge in [0.25, 0.3) is 11.8 Å². The van der Waals surface area contributed by atoms with Crippen molar-refractivity contribution in [3.05, 3.63) is 69.7 Å². The van der Waals surface area contributed by atoms with Crippen LogP contribution in [0.3, 0.4) is 0 Å². The molecular weight excluding hydrogens is 401 g/mol. The van der Waals surface area contributed by atoms with Crippen molar-refractivity contribution in [2.75, 3.05) is 11.5 Å². The monoisotopic (exact) mass is 417 g/mol. The highest BCUT2D eigenvalue weighted by molar-refractivity contribution is 6.60. The zero-order valence-electron chi connectivity index (χ0n) is 15.1. The Balaban J connectivity index is 1.81. The number of hydrogen-bond donors (Lipinski definition) is 0. The molecule has 0 aromatic heterocycles. The molecule has 1 aliphatic heterocycles. The Morgan fingerprint density at radius 3 is 2.21 bits per heavy atom. The molecule has 2 aromatic carbocycles. The van der Waals surface area contributed by atoms with Crippen LogP contribution in [-0.4, -0.2) is 24.4 Å². The molecule has 0 N–H and O–H groups in total. The van der Waals surface area contributed by atoms with Gasteiger partial charge in [-0.05, 0) is 48.4 Å². The van der Waals surface area contributed by atoms with Gasteiger partial charge >= 0.3 is 5.97 Å². The lowest BCUT2D eigenvalue weighted by Crippen LogP contribution is -2.31. The summed E-state index contributed by atoms with van der Waals surface area (Å²) in [6.07, 6.45) is 1.72. The quantitative estimate of drug-likeness (QED) is 0.383. The largest absolute Gasteiger partial charge is 0.462 e. The second-order valence-electron chi connectivity index (χ2n) is 6.18. The van der Waals surface area contributed by atoms with Crippen molar-refractivity contribution in [2.24, 2.45) is 0 Å².